The first-order valence-corrected chi connectivity index (χ1v) is 7.90. The number of alkyl halides is 3. The van der Waals surface area contributed by atoms with E-state index in [9.17, 15) is 27.2 Å². The monoisotopic (exact) mass is 387 g/mol. The molecular weight excluding hydrogens is 370 g/mol. The highest BCUT2D eigenvalue weighted by atomic mass is 19.4. The summed E-state index contributed by atoms with van der Waals surface area (Å²) in [6.45, 7) is 1.67. The molecule has 0 radical (unpaired) electrons. The lowest BCUT2D eigenvalue weighted by atomic mass is 10.1. The summed E-state index contributed by atoms with van der Waals surface area (Å²) in [6.07, 6.45) is -4.66. The smallest absolute Gasteiger partial charge is 0.422 e. The number of nitrogens with one attached hydrogen (secondary N) is 2. The second-order valence-corrected chi connectivity index (χ2v) is 5.81. The summed E-state index contributed by atoms with van der Waals surface area (Å²) in [6, 6.07) is 2.77. The Hall–Kier alpha value is -2.91. The minimum Gasteiger partial charge on any atom is -0.482 e. The fourth-order valence-corrected chi connectivity index (χ4v) is 2.38. The molecule has 1 aromatic carbocycles. The zero-order valence-corrected chi connectivity index (χ0v) is 14.5. The number of carbonyl (C=O) groups is 1. The zero-order valence-electron chi connectivity index (χ0n) is 14.5. The number of amides is 1. The molecule has 0 fully saturated rings. The number of nitrogens with zero attached hydrogens (tertiary/aromatic N) is 1. The van der Waals surface area contributed by atoms with E-state index in [4.69, 9.17) is 0 Å². The molecule has 0 bridgehead atoms. The quantitative estimate of drug-likeness (QED) is 0.747. The Morgan fingerprint density at radius 1 is 1.30 bits per heavy atom. The van der Waals surface area contributed by atoms with Crippen molar-refractivity contribution in [1.82, 2.24) is 9.97 Å². The van der Waals surface area contributed by atoms with Crippen LogP contribution in [-0.2, 0) is 11.2 Å². The molecule has 0 saturated carbocycles. The Morgan fingerprint density at radius 3 is 2.63 bits per heavy atom. The van der Waals surface area contributed by atoms with Gasteiger partial charge in [0.1, 0.15) is 17.4 Å². The van der Waals surface area contributed by atoms with Crippen LogP contribution in [0.15, 0.2) is 23.0 Å². The van der Waals surface area contributed by atoms with Crippen molar-refractivity contribution in [2.24, 2.45) is 0 Å². The van der Waals surface area contributed by atoms with Crippen LogP contribution in [-0.4, -0.2) is 28.7 Å². The third-order valence-corrected chi connectivity index (χ3v) is 3.55. The summed E-state index contributed by atoms with van der Waals surface area (Å²) >= 11 is 0. The topological polar surface area (TPSA) is 84.1 Å². The first-order valence-electron chi connectivity index (χ1n) is 7.90. The minimum atomic E-state index is -4.58. The third-order valence-electron chi connectivity index (χ3n) is 3.55. The van der Waals surface area contributed by atoms with Crippen molar-refractivity contribution in [1.29, 1.82) is 0 Å². The number of aromatic amines is 1. The SMILES string of the molecule is Cc1nc(C)c(CCC(=O)Nc2cc(F)ccc2OCC(F)(F)F)c(=O)[nH]1. The van der Waals surface area contributed by atoms with Crippen LogP contribution in [0.2, 0.25) is 0 Å². The second-order valence-electron chi connectivity index (χ2n) is 5.81. The van der Waals surface area contributed by atoms with Gasteiger partial charge in [-0.3, -0.25) is 9.59 Å². The van der Waals surface area contributed by atoms with Crippen LogP contribution in [0.1, 0.15) is 23.5 Å². The van der Waals surface area contributed by atoms with Gasteiger partial charge in [-0.25, -0.2) is 9.37 Å². The number of carbonyl (C=O) groups excluding carboxylic acids is 1. The molecular formula is C17H17F4N3O3. The minimum absolute atomic E-state index is 0.0638. The van der Waals surface area contributed by atoms with Gasteiger partial charge in [-0.2, -0.15) is 13.2 Å². The van der Waals surface area contributed by atoms with Crippen LogP contribution in [0, 0.1) is 19.7 Å². The number of aryl methyl sites for hydroxylation is 2. The van der Waals surface area contributed by atoms with E-state index in [0.29, 0.717) is 17.1 Å². The highest BCUT2D eigenvalue weighted by Crippen LogP contribution is 2.27. The number of benzene rings is 1. The molecule has 1 heterocycles. The number of aromatic nitrogens is 2. The van der Waals surface area contributed by atoms with Gasteiger partial charge in [0.15, 0.2) is 6.61 Å². The van der Waals surface area contributed by atoms with Crippen molar-refractivity contribution < 1.29 is 27.1 Å². The number of halogens is 4. The van der Waals surface area contributed by atoms with E-state index in [2.05, 4.69) is 20.0 Å². The molecule has 2 N–H and O–H groups in total. The average molecular weight is 387 g/mol. The van der Waals surface area contributed by atoms with E-state index in [1.807, 2.05) is 0 Å². The van der Waals surface area contributed by atoms with Crippen molar-refractivity contribution in [3.8, 4) is 5.75 Å². The summed E-state index contributed by atoms with van der Waals surface area (Å²) in [5.41, 5.74) is 0.206. The standard InChI is InChI=1S/C17H17F4N3O3/c1-9-12(16(26)23-10(2)22-9)4-6-15(25)24-13-7-11(18)3-5-14(13)27-8-17(19,20)21/h3,5,7H,4,6,8H2,1-2H3,(H,24,25)(H,22,23,26). The highest BCUT2D eigenvalue weighted by Gasteiger charge is 2.29. The second kappa shape index (κ2) is 8.19. The molecule has 1 amide bonds. The molecule has 0 unspecified atom stereocenters. The summed E-state index contributed by atoms with van der Waals surface area (Å²) in [7, 11) is 0. The molecule has 0 aliphatic rings. The Kier molecular flexibility index (Phi) is 6.19. The van der Waals surface area contributed by atoms with Crippen molar-refractivity contribution in [3.63, 3.8) is 0 Å². The first kappa shape index (κ1) is 20.4. The normalized spacial score (nSPS) is 11.3. The molecule has 0 aliphatic heterocycles. The molecule has 0 spiro atoms. The first-order chi connectivity index (χ1) is 12.5. The summed E-state index contributed by atoms with van der Waals surface area (Å²) in [5, 5.41) is 2.30. The molecule has 146 valence electrons. The summed E-state index contributed by atoms with van der Waals surface area (Å²) in [5.74, 6) is -1.23. The molecule has 10 heteroatoms. The molecule has 0 aliphatic carbocycles. The van der Waals surface area contributed by atoms with E-state index >= 15 is 0 Å². The summed E-state index contributed by atoms with van der Waals surface area (Å²) < 4.78 is 54.9. The van der Waals surface area contributed by atoms with Crippen LogP contribution in [0.4, 0.5) is 23.2 Å². The predicted molar refractivity (Wildman–Crippen MR) is 89.2 cm³/mol. The third kappa shape index (κ3) is 6.08. The largest absolute Gasteiger partial charge is 0.482 e. The van der Waals surface area contributed by atoms with Crippen molar-refractivity contribution >= 4 is 11.6 Å². The number of hydrogen-bond donors (Lipinski definition) is 2. The van der Waals surface area contributed by atoms with E-state index in [-0.39, 0.29) is 29.8 Å². The number of rotatable bonds is 6. The van der Waals surface area contributed by atoms with Gasteiger partial charge in [0, 0.05) is 23.7 Å². The van der Waals surface area contributed by atoms with Crippen LogP contribution in [0.5, 0.6) is 5.75 Å². The maximum Gasteiger partial charge on any atom is 0.422 e. The van der Waals surface area contributed by atoms with Crippen LogP contribution >= 0.6 is 0 Å². The Balaban J connectivity index is 2.07. The fourth-order valence-electron chi connectivity index (χ4n) is 2.38. The van der Waals surface area contributed by atoms with Gasteiger partial charge in [0.25, 0.3) is 5.56 Å². The number of hydrogen-bond acceptors (Lipinski definition) is 4. The van der Waals surface area contributed by atoms with Crippen LogP contribution < -0.4 is 15.6 Å². The maximum atomic E-state index is 13.4. The van der Waals surface area contributed by atoms with E-state index in [1.165, 1.54) is 0 Å². The van der Waals surface area contributed by atoms with Gasteiger partial charge in [-0.15, -0.1) is 0 Å². The van der Waals surface area contributed by atoms with Gasteiger partial charge in [-0.1, -0.05) is 0 Å². The maximum absolute atomic E-state index is 13.4. The van der Waals surface area contributed by atoms with Gasteiger partial charge in [0.2, 0.25) is 5.91 Å². The lowest BCUT2D eigenvalue weighted by Gasteiger charge is -2.14. The molecule has 27 heavy (non-hydrogen) atoms. The Morgan fingerprint density at radius 2 is 2.00 bits per heavy atom. The molecule has 0 atom stereocenters. The van der Waals surface area contributed by atoms with E-state index < -0.39 is 24.5 Å². The van der Waals surface area contributed by atoms with Gasteiger partial charge < -0.3 is 15.0 Å². The van der Waals surface area contributed by atoms with Crippen LogP contribution in [0.3, 0.4) is 0 Å². The summed E-state index contributed by atoms with van der Waals surface area (Å²) in [4.78, 5) is 30.6. The lowest BCUT2D eigenvalue weighted by Crippen LogP contribution is -2.22. The highest BCUT2D eigenvalue weighted by molar-refractivity contribution is 5.92. The van der Waals surface area contributed by atoms with E-state index in [0.717, 1.165) is 18.2 Å². The number of H-pyrrole nitrogens is 1. The van der Waals surface area contributed by atoms with Crippen LogP contribution in [0.25, 0.3) is 0 Å². The van der Waals surface area contributed by atoms with Gasteiger partial charge in [-0.05, 0) is 32.4 Å². The van der Waals surface area contributed by atoms with Gasteiger partial charge >= 0.3 is 6.18 Å². The molecule has 0 saturated heterocycles. The fraction of sp³-hybridized carbons (Fsp3) is 0.353. The van der Waals surface area contributed by atoms with Crippen molar-refractivity contribution in [3.05, 3.63) is 51.5 Å². The van der Waals surface area contributed by atoms with Crippen molar-refractivity contribution in [2.75, 3.05) is 11.9 Å². The van der Waals surface area contributed by atoms with E-state index in [1.54, 1.807) is 13.8 Å². The average Bonchev–Trinajstić information content (AvgIpc) is 2.52. The molecule has 1 aromatic heterocycles. The Labute approximate surface area is 151 Å². The lowest BCUT2D eigenvalue weighted by molar-refractivity contribution is -0.153. The molecule has 2 aromatic rings. The zero-order chi connectivity index (χ0) is 20.2. The molecule has 2 rings (SSSR count). The number of ether oxygens (including phenoxy) is 1. The predicted octanol–water partition coefficient (Wildman–Crippen LogP) is 3.04. The van der Waals surface area contributed by atoms with Gasteiger partial charge in [0.05, 0.1) is 5.69 Å². The number of anilines is 1. The molecule has 6 nitrogen and oxygen atoms in total. The van der Waals surface area contributed by atoms with Crippen molar-refractivity contribution in [2.45, 2.75) is 32.9 Å². The Bertz CT molecular complexity index is 894.